The van der Waals surface area contributed by atoms with Crippen LogP contribution < -0.4 is 126 Å². The molecule has 0 radical (unpaired) electrons. The number of hydrogen-bond donors (Lipinski definition) is 4. The van der Waals surface area contributed by atoms with Crippen LogP contribution >= 0.6 is 0 Å². The quantitative estimate of drug-likeness (QED) is 0.215. The molecule has 0 aromatic carbocycles. The maximum atomic E-state index is 10.6. The second-order valence-electron chi connectivity index (χ2n) is 4.00. The van der Waals surface area contributed by atoms with Gasteiger partial charge in [0.05, 0.1) is 26.2 Å². The fourth-order valence-corrected chi connectivity index (χ4v) is 1.48. The SMILES string of the molecule is O=C(O)CN(CCN(CC(=O)O)CC(=O)O)CC(=O)O.[Cl-].[Cl-].[Cl-].[Na+].[Na+].[Na+]. The summed E-state index contributed by atoms with van der Waals surface area (Å²) in [6.45, 7) is -2.25. The molecule has 0 aromatic rings. The van der Waals surface area contributed by atoms with Gasteiger partial charge in [-0.1, -0.05) is 0 Å². The minimum atomic E-state index is -1.23. The Morgan fingerprint density at radius 3 is 0.769 bits per heavy atom. The van der Waals surface area contributed by atoms with E-state index in [-0.39, 0.29) is 139 Å². The number of carbonyl (C=O) groups is 4. The van der Waals surface area contributed by atoms with Crippen LogP contribution in [0.5, 0.6) is 0 Å². The molecule has 0 aromatic heterocycles. The summed E-state index contributed by atoms with van der Waals surface area (Å²) in [7, 11) is 0. The molecule has 0 saturated carbocycles. The molecule has 0 amide bonds. The van der Waals surface area contributed by atoms with Crippen LogP contribution in [0, 0.1) is 0 Å². The molecule has 4 N–H and O–H groups in total. The first kappa shape index (κ1) is 46.1. The molecule has 16 heteroatoms. The Morgan fingerprint density at radius 1 is 0.500 bits per heavy atom. The molecule has 10 nitrogen and oxygen atoms in total. The van der Waals surface area contributed by atoms with E-state index in [0.29, 0.717) is 0 Å². The van der Waals surface area contributed by atoms with Crippen LogP contribution in [-0.2, 0) is 19.2 Å². The molecular formula is C10H16Cl3N2Na3O8. The average Bonchev–Trinajstić information content (AvgIpc) is 2.22. The molecule has 0 heterocycles. The predicted molar refractivity (Wildman–Crippen MR) is 63.4 cm³/mol. The van der Waals surface area contributed by atoms with E-state index in [2.05, 4.69) is 0 Å². The first-order valence-corrected chi connectivity index (χ1v) is 5.52. The van der Waals surface area contributed by atoms with Crippen molar-refractivity contribution in [1.82, 2.24) is 9.80 Å². The smallest absolute Gasteiger partial charge is 1.00 e. The van der Waals surface area contributed by atoms with Gasteiger partial charge in [-0.2, -0.15) is 0 Å². The van der Waals surface area contributed by atoms with Crippen molar-refractivity contribution >= 4 is 23.9 Å². The number of nitrogens with zero attached hydrogens (tertiary/aromatic N) is 2. The third kappa shape index (κ3) is 30.4. The first-order chi connectivity index (χ1) is 9.20. The van der Waals surface area contributed by atoms with E-state index in [0.717, 1.165) is 9.80 Å². The van der Waals surface area contributed by atoms with Crippen molar-refractivity contribution in [3.63, 3.8) is 0 Å². The van der Waals surface area contributed by atoms with Crippen LogP contribution in [0.4, 0.5) is 0 Å². The van der Waals surface area contributed by atoms with Crippen LogP contribution in [0.2, 0.25) is 0 Å². The second kappa shape index (κ2) is 26.7. The van der Waals surface area contributed by atoms with E-state index in [1.807, 2.05) is 0 Å². The normalized spacial score (nSPS) is 8.23. The van der Waals surface area contributed by atoms with Crippen molar-refractivity contribution in [3.8, 4) is 0 Å². The Balaban J connectivity index is -0.000000120. The fraction of sp³-hybridized carbons (Fsp3) is 0.600. The minimum absolute atomic E-state index is 0. The zero-order valence-corrected chi connectivity index (χ0v) is 23.0. The van der Waals surface area contributed by atoms with Crippen LogP contribution in [0.15, 0.2) is 0 Å². The summed E-state index contributed by atoms with van der Waals surface area (Å²) < 4.78 is 0. The molecule has 0 unspecified atom stereocenters. The van der Waals surface area contributed by atoms with Gasteiger partial charge in [0.2, 0.25) is 0 Å². The van der Waals surface area contributed by atoms with E-state index in [1.165, 1.54) is 0 Å². The predicted octanol–water partition coefficient (Wildman–Crippen LogP) is -20.0. The fourth-order valence-electron chi connectivity index (χ4n) is 1.48. The number of rotatable bonds is 11. The summed E-state index contributed by atoms with van der Waals surface area (Å²) in [5, 5.41) is 34.5. The maximum absolute atomic E-state index is 10.6. The molecule has 0 aliphatic carbocycles. The molecule has 26 heavy (non-hydrogen) atoms. The monoisotopic (exact) mass is 466 g/mol. The number of aliphatic carboxylic acids is 4. The van der Waals surface area contributed by atoms with Crippen molar-refractivity contribution in [3.05, 3.63) is 0 Å². The van der Waals surface area contributed by atoms with Gasteiger partial charge in [0.1, 0.15) is 0 Å². The summed E-state index contributed by atoms with van der Waals surface area (Å²) >= 11 is 0. The zero-order valence-electron chi connectivity index (χ0n) is 14.7. The van der Waals surface area contributed by atoms with Crippen LogP contribution in [0.3, 0.4) is 0 Å². The van der Waals surface area contributed by atoms with Gasteiger partial charge in [-0.05, 0) is 0 Å². The number of hydrogen-bond acceptors (Lipinski definition) is 6. The summed E-state index contributed by atoms with van der Waals surface area (Å²) in [6, 6.07) is 0. The van der Waals surface area contributed by atoms with E-state index < -0.39 is 50.1 Å². The average molecular weight is 468 g/mol. The van der Waals surface area contributed by atoms with Crippen LogP contribution in [-0.4, -0.2) is 93.4 Å². The Morgan fingerprint density at radius 2 is 0.654 bits per heavy atom. The molecule has 0 fully saturated rings. The molecule has 0 atom stereocenters. The molecule has 0 aliphatic heterocycles. The number of carboxylic acid groups (broad SMARTS) is 4. The Hall–Kier alpha value is 1.67. The van der Waals surface area contributed by atoms with E-state index >= 15 is 0 Å². The Bertz CT molecular complexity index is 342. The van der Waals surface area contributed by atoms with E-state index in [1.54, 1.807) is 0 Å². The topological polar surface area (TPSA) is 156 Å². The summed E-state index contributed by atoms with van der Waals surface area (Å²) in [4.78, 5) is 44.4. The molecule has 0 aliphatic rings. The van der Waals surface area contributed by atoms with Crippen molar-refractivity contribution in [2.75, 3.05) is 39.3 Å². The van der Waals surface area contributed by atoms with Gasteiger partial charge in [-0.3, -0.25) is 29.0 Å². The second-order valence-corrected chi connectivity index (χ2v) is 4.00. The van der Waals surface area contributed by atoms with Gasteiger partial charge in [-0.25, -0.2) is 0 Å². The number of halogens is 3. The summed E-state index contributed by atoms with van der Waals surface area (Å²) in [5.74, 6) is -4.91. The third-order valence-corrected chi connectivity index (χ3v) is 2.17. The minimum Gasteiger partial charge on any atom is -1.00 e. The van der Waals surface area contributed by atoms with Gasteiger partial charge in [-0.15, -0.1) is 0 Å². The molecule has 0 bridgehead atoms. The molecule has 138 valence electrons. The molecule has 0 rings (SSSR count). The van der Waals surface area contributed by atoms with E-state index in [4.69, 9.17) is 20.4 Å². The Labute approximate surface area is 235 Å². The van der Waals surface area contributed by atoms with E-state index in [9.17, 15) is 19.2 Å². The molecule has 0 spiro atoms. The van der Waals surface area contributed by atoms with Crippen molar-refractivity contribution in [1.29, 1.82) is 0 Å². The standard InChI is InChI=1S/C10H16N2O8.3ClH.3Na/c13-7(14)3-11(4-8(15)16)1-2-12(5-9(17)18)6-10(19)20;;;;;;/h1-6H2,(H,13,14)(H,15,16)(H,17,18)(H,19,20);3*1H;;;/q;;;;3*+1/p-3. The summed E-state index contributed by atoms with van der Waals surface area (Å²) in [5.41, 5.74) is 0. The van der Waals surface area contributed by atoms with Gasteiger partial charge in [0.25, 0.3) is 0 Å². The molecule has 0 saturated heterocycles. The maximum Gasteiger partial charge on any atom is 1.00 e. The van der Waals surface area contributed by atoms with Crippen LogP contribution in [0.1, 0.15) is 0 Å². The first-order valence-electron chi connectivity index (χ1n) is 5.52. The third-order valence-electron chi connectivity index (χ3n) is 2.17. The van der Waals surface area contributed by atoms with Crippen molar-refractivity contribution in [2.24, 2.45) is 0 Å². The van der Waals surface area contributed by atoms with Crippen molar-refractivity contribution < 1.29 is 165 Å². The molecular weight excluding hydrogens is 451 g/mol. The largest absolute Gasteiger partial charge is 1.00 e. The zero-order chi connectivity index (χ0) is 15.7. The summed E-state index contributed by atoms with van der Waals surface area (Å²) in [6.07, 6.45) is 0. The van der Waals surface area contributed by atoms with Gasteiger partial charge in [0, 0.05) is 13.1 Å². The van der Waals surface area contributed by atoms with Gasteiger partial charge < -0.3 is 57.6 Å². The van der Waals surface area contributed by atoms with Gasteiger partial charge >= 0.3 is 113 Å². The van der Waals surface area contributed by atoms with Crippen molar-refractivity contribution in [2.45, 2.75) is 0 Å². The Kier molecular flexibility index (Phi) is 47.3. The number of carboxylic acids is 4. The van der Waals surface area contributed by atoms with Gasteiger partial charge in [0.15, 0.2) is 0 Å². The van der Waals surface area contributed by atoms with Crippen LogP contribution in [0.25, 0.3) is 0 Å².